The number of fused-ring (bicyclic) bond motifs is 1. The van der Waals surface area contributed by atoms with Gasteiger partial charge in [-0.05, 0) is 52.3 Å². The molecular formula is C27H40N2O12S. The third kappa shape index (κ3) is 10.1. The molecule has 0 bridgehead atoms. The number of alkyl carbamates (subject to hydrolysis) is 2. The van der Waals surface area contributed by atoms with Gasteiger partial charge in [0.05, 0.1) is 24.0 Å². The number of nitrogens with one attached hydrogen (secondary N) is 2. The van der Waals surface area contributed by atoms with Crippen LogP contribution in [0.4, 0.5) is 9.59 Å². The van der Waals surface area contributed by atoms with E-state index in [2.05, 4.69) is 24.5 Å². The van der Waals surface area contributed by atoms with E-state index < -0.39 is 64.4 Å². The normalized spacial score (nSPS) is 15.2. The van der Waals surface area contributed by atoms with Gasteiger partial charge in [0.2, 0.25) is 9.84 Å². The molecule has 15 heteroatoms. The van der Waals surface area contributed by atoms with Crippen LogP contribution < -0.4 is 20.1 Å². The third-order valence-electron chi connectivity index (χ3n) is 5.21. The maximum absolute atomic E-state index is 12.9. The quantitative estimate of drug-likeness (QED) is 0.257. The lowest BCUT2D eigenvalue weighted by atomic mass is 10.2. The number of hydrogen-bond donors (Lipinski definition) is 3. The van der Waals surface area contributed by atoms with Gasteiger partial charge in [0, 0.05) is 6.07 Å². The SMILES string of the molecule is CCC.COc1cc2c(cc1OC)S(=O)(=O)C(COC(=O)NC(C)C(=O)OC(C)C(NC(=O)OC(C)(C)C)C(=O)O)=C2. The van der Waals surface area contributed by atoms with Crippen LogP contribution >= 0.6 is 0 Å². The highest BCUT2D eigenvalue weighted by atomic mass is 32.2. The molecule has 1 heterocycles. The van der Waals surface area contributed by atoms with Crippen molar-refractivity contribution in [1.29, 1.82) is 0 Å². The number of amides is 2. The second-order valence-electron chi connectivity index (χ2n) is 10.1. The molecule has 1 aliphatic rings. The molecule has 0 saturated heterocycles. The molecule has 1 aromatic carbocycles. The van der Waals surface area contributed by atoms with Crippen molar-refractivity contribution in [3.05, 3.63) is 22.6 Å². The Kier molecular flexibility index (Phi) is 13.1. The van der Waals surface area contributed by atoms with Gasteiger partial charge in [0.25, 0.3) is 0 Å². The highest BCUT2D eigenvalue weighted by Crippen LogP contribution is 2.40. The molecule has 0 aliphatic carbocycles. The molecule has 14 nitrogen and oxygen atoms in total. The van der Waals surface area contributed by atoms with Gasteiger partial charge >= 0.3 is 24.1 Å². The number of carboxylic acids is 1. The summed E-state index contributed by atoms with van der Waals surface area (Å²) < 4.78 is 51.1. The van der Waals surface area contributed by atoms with E-state index in [1.807, 2.05) is 0 Å². The van der Waals surface area contributed by atoms with Gasteiger partial charge in [0.15, 0.2) is 17.5 Å². The van der Waals surface area contributed by atoms with Gasteiger partial charge in [-0.15, -0.1) is 0 Å². The van der Waals surface area contributed by atoms with Crippen LogP contribution in [0.15, 0.2) is 21.9 Å². The smallest absolute Gasteiger partial charge is 0.408 e. The van der Waals surface area contributed by atoms with E-state index >= 15 is 0 Å². The fourth-order valence-electron chi connectivity index (χ4n) is 3.31. The summed E-state index contributed by atoms with van der Waals surface area (Å²) in [7, 11) is -1.21. The van der Waals surface area contributed by atoms with Crippen molar-refractivity contribution in [2.75, 3.05) is 20.8 Å². The monoisotopic (exact) mass is 616 g/mol. The van der Waals surface area contributed by atoms with Crippen molar-refractivity contribution in [1.82, 2.24) is 10.6 Å². The van der Waals surface area contributed by atoms with Crippen molar-refractivity contribution >= 4 is 40.0 Å². The minimum absolute atomic E-state index is 0.0435. The second kappa shape index (κ2) is 15.3. The topological polar surface area (TPSA) is 193 Å². The lowest BCUT2D eigenvalue weighted by Crippen LogP contribution is -2.51. The van der Waals surface area contributed by atoms with E-state index in [0.29, 0.717) is 11.3 Å². The fraction of sp³-hybridized carbons (Fsp3) is 0.556. The molecule has 3 unspecified atom stereocenters. The van der Waals surface area contributed by atoms with E-state index in [1.54, 1.807) is 20.8 Å². The first-order chi connectivity index (χ1) is 19.4. The Labute approximate surface area is 245 Å². The summed E-state index contributed by atoms with van der Waals surface area (Å²) in [5, 5.41) is 13.7. The molecule has 2 rings (SSSR count). The Hall–Kier alpha value is -4.01. The summed E-state index contributed by atoms with van der Waals surface area (Å²) >= 11 is 0. The first kappa shape index (κ1) is 36.0. The first-order valence-corrected chi connectivity index (χ1v) is 14.5. The Bertz CT molecular complexity index is 1280. The molecule has 1 aromatic rings. The predicted molar refractivity (Wildman–Crippen MR) is 151 cm³/mol. The second-order valence-corrected chi connectivity index (χ2v) is 12.1. The first-order valence-electron chi connectivity index (χ1n) is 13.0. The maximum Gasteiger partial charge on any atom is 0.408 e. The predicted octanol–water partition coefficient (Wildman–Crippen LogP) is 3.27. The minimum Gasteiger partial charge on any atom is -0.493 e. The largest absolute Gasteiger partial charge is 0.493 e. The number of sulfone groups is 1. The summed E-state index contributed by atoms with van der Waals surface area (Å²) in [5.41, 5.74) is -0.562. The molecule has 3 N–H and O–H groups in total. The third-order valence-corrected chi connectivity index (χ3v) is 7.07. The molecule has 0 radical (unpaired) electrons. The molecule has 0 saturated carbocycles. The number of carboxylic acid groups (broad SMARTS) is 1. The zero-order valence-corrected chi connectivity index (χ0v) is 26.0. The van der Waals surface area contributed by atoms with E-state index in [-0.39, 0.29) is 15.6 Å². The van der Waals surface area contributed by atoms with E-state index in [9.17, 15) is 32.7 Å². The van der Waals surface area contributed by atoms with Crippen LogP contribution in [0.5, 0.6) is 11.5 Å². The van der Waals surface area contributed by atoms with Crippen LogP contribution in [0, 0.1) is 0 Å². The van der Waals surface area contributed by atoms with Crippen LogP contribution in [0.3, 0.4) is 0 Å². The van der Waals surface area contributed by atoms with Gasteiger partial charge in [-0.2, -0.15) is 0 Å². The van der Waals surface area contributed by atoms with E-state index in [4.69, 9.17) is 23.7 Å². The average Bonchev–Trinajstić information content (AvgIpc) is 3.12. The molecule has 1 aliphatic heterocycles. The van der Waals surface area contributed by atoms with Crippen molar-refractivity contribution in [3.8, 4) is 11.5 Å². The number of ether oxygens (including phenoxy) is 5. The number of carbonyl (C=O) groups excluding carboxylic acids is 3. The molecule has 236 valence electrons. The Morgan fingerprint density at radius 1 is 0.952 bits per heavy atom. The van der Waals surface area contributed by atoms with Crippen molar-refractivity contribution in [3.63, 3.8) is 0 Å². The van der Waals surface area contributed by atoms with Gasteiger partial charge in [-0.25, -0.2) is 27.6 Å². The molecule has 42 heavy (non-hydrogen) atoms. The van der Waals surface area contributed by atoms with Gasteiger partial charge in [-0.1, -0.05) is 20.3 Å². The number of esters is 1. The zero-order valence-electron chi connectivity index (χ0n) is 25.2. The zero-order chi connectivity index (χ0) is 32.4. The Balaban J connectivity index is 0.00000281. The van der Waals surface area contributed by atoms with Gasteiger partial charge < -0.3 is 39.4 Å². The average molecular weight is 617 g/mol. The van der Waals surface area contributed by atoms with Gasteiger partial charge in [0.1, 0.15) is 24.4 Å². The van der Waals surface area contributed by atoms with E-state index in [1.165, 1.54) is 52.7 Å². The van der Waals surface area contributed by atoms with Crippen LogP contribution in [0.1, 0.15) is 60.5 Å². The highest BCUT2D eigenvalue weighted by Gasteiger charge is 2.34. The molecule has 0 aromatic heterocycles. The number of benzene rings is 1. The number of carbonyl (C=O) groups is 4. The van der Waals surface area contributed by atoms with Crippen LogP contribution in [-0.4, -0.2) is 82.3 Å². The van der Waals surface area contributed by atoms with Crippen molar-refractivity contribution in [2.24, 2.45) is 0 Å². The fourth-order valence-corrected chi connectivity index (χ4v) is 4.78. The lowest BCUT2D eigenvalue weighted by Gasteiger charge is -2.25. The van der Waals surface area contributed by atoms with Crippen molar-refractivity contribution in [2.45, 2.75) is 83.6 Å². The molecule has 0 fully saturated rings. The Morgan fingerprint density at radius 2 is 1.50 bits per heavy atom. The summed E-state index contributed by atoms with van der Waals surface area (Å²) in [5.74, 6) is -1.99. The number of aliphatic carboxylic acids is 1. The van der Waals surface area contributed by atoms with Gasteiger partial charge in [-0.3, -0.25) is 0 Å². The number of hydrogen-bond acceptors (Lipinski definition) is 11. The van der Waals surface area contributed by atoms with Crippen LogP contribution in [0.25, 0.3) is 6.08 Å². The summed E-state index contributed by atoms with van der Waals surface area (Å²) in [6, 6.07) is -0.175. The van der Waals surface area contributed by atoms with Crippen LogP contribution in [0.2, 0.25) is 0 Å². The van der Waals surface area contributed by atoms with Crippen LogP contribution in [-0.2, 0) is 33.6 Å². The number of methoxy groups -OCH3 is 2. The highest BCUT2D eigenvalue weighted by molar-refractivity contribution is 7.95. The summed E-state index contributed by atoms with van der Waals surface area (Å²) in [6.07, 6.45) is -0.925. The van der Waals surface area contributed by atoms with E-state index in [0.717, 1.165) is 0 Å². The summed E-state index contributed by atoms with van der Waals surface area (Å²) in [4.78, 5) is 47.9. The Morgan fingerprint density at radius 3 is 2.00 bits per heavy atom. The maximum atomic E-state index is 12.9. The molecule has 2 amide bonds. The lowest BCUT2D eigenvalue weighted by molar-refractivity contribution is -0.156. The minimum atomic E-state index is -3.97. The number of rotatable bonds is 10. The molecular weight excluding hydrogens is 576 g/mol. The van der Waals surface area contributed by atoms with Crippen molar-refractivity contribution < 1.29 is 56.4 Å². The molecule has 3 atom stereocenters. The standard InChI is InChI=1S/C24H32N2O12S.C3H8/c1-12(21(29)37-13(2)19(20(27)28)26-23(31)38-24(3,4)5)25-22(30)36-11-15-8-14-9-16(34-6)17(35-7)10-18(14)39(15,32)33;1-3-2/h8-10,12-13,19H,11H2,1-7H3,(H,25,30)(H,26,31)(H,27,28);3H2,1-2H3. The summed E-state index contributed by atoms with van der Waals surface area (Å²) in [6.45, 7) is 10.9. The molecule has 0 spiro atoms.